The Balaban J connectivity index is 2.35. The van der Waals surface area contributed by atoms with Gasteiger partial charge in [-0.1, -0.05) is 11.6 Å². The van der Waals surface area contributed by atoms with Gasteiger partial charge in [0.25, 0.3) is 11.5 Å². The van der Waals surface area contributed by atoms with Gasteiger partial charge < -0.3 is 9.88 Å². The van der Waals surface area contributed by atoms with E-state index in [2.05, 4.69) is 15.5 Å². The molecule has 1 unspecified atom stereocenters. The summed E-state index contributed by atoms with van der Waals surface area (Å²) in [6, 6.07) is 0. The Hall–Kier alpha value is -1.17. The third kappa shape index (κ3) is 3.47. The molecule has 0 aliphatic rings. The zero-order chi connectivity index (χ0) is 11.3. The van der Waals surface area contributed by atoms with Gasteiger partial charge in [0.2, 0.25) is 0 Å². The van der Waals surface area contributed by atoms with Gasteiger partial charge in [0.1, 0.15) is 12.2 Å². The summed E-state index contributed by atoms with van der Waals surface area (Å²) >= 11 is 4.94. The molecule has 0 bridgehead atoms. The van der Waals surface area contributed by atoms with E-state index in [1.807, 2.05) is 11.5 Å². The molecule has 0 spiro atoms. The van der Waals surface area contributed by atoms with Crippen molar-refractivity contribution in [1.82, 2.24) is 20.1 Å². The summed E-state index contributed by atoms with van der Waals surface area (Å²) in [5, 5.41) is 9.93. The van der Waals surface area contributed by atoms with Crippen LogP contribution in [0.15, 0.2) is 6.33 Å². The van der Waals surface area contributed by atoms with E-state index >= 15 is 0 Å². The second-order valence-electron chi connectivity index (χ2n) is 2.87. The van der Waals surface area contributed by atoms with Crippen molar-refractivity contribution in [3.8, 4) is 0 Å². The van der Waals surface area contributed by atoms with Crippen LogP contribution in [0.1, 0.15) is 12.7 Å². The van der Waals surface area contributed by atoms with Gasteiger partial charge >= 0.3 is 0 Å². The summed E-state index contributed by atoms with van der Waals surface area (Å²) in [5.41, 5.74) is -1.99. The lowest BCUT2D eigenvalue weighted by Crippen LogP contribution is -2.31. The highest BCUT2D eigenvalue weighted by molar-refractivity contribution is 6.29. The van der Waals surface area contributed by atoms with Crippen molar-refractivity contribution >= 4 is 17.5 Å². The predicted molar refractivity (Wildman–Crippen MR) is 53.2 cm³/mol. The first-order valence-corrected chi connectivity index (χ1v) is 5.01. The van der Waals surface area contributed by atoms with Crippen LogP contribution in [0, 0.1) is 0 Å². The molecule has 0 saturated heterocycles. The first kappa shape index (κ1) is 11.9. The Morgan fingerprint density at radius 3 is 3.13 bits per heavy atom. The molecule has 0 saturated carbocycles. The van der Waals surface area contributed by atoms with E-state index in [0.29, 0.717) is 13.0 Å². The summed E-state index contributed by atoms with van der Waals surface area (Å²) in [6.45, 7) is 3.02. The molecular formula is C8H12ClFN4O. The molecule has 1 amide bonds. The Kier molecular flexibility index (Phi) is 4.48. The summed E-state index contributed by atoms with van der Waals surface area (Å²) in [7, 11) is 0. The number of carbonyl (C=O) groups excluding carboxylic acids is 1. The molecule has 1 N–H and O–H groups in total. The van der Waals surface area contributed by atoms with Gasteiger partial charge in [-0.2, -0.15) is 0 Å². The van der Waals surface area contributed by atoms with Crippen molar-refractivity contribution in [1.29, 1.82) is 0 Å². The van der Waals surface area contributed by atoms with E-state index in [0.717, 1.165) is 12.4 Å². The van der Waals surface area contributed by atoms with Crippen LogP contribution in [0.3, 0.4) is 0 Å². The third-order valence-electron chi connectivity index (χ3n) is 1.88. The number of nitrogens with one attached hydrogen (secondary N) is 1. The molecule has 1 aromatic rings. The van der Waals surface area contributed by atoms with E-state index in [4.69, 9.17) is 11.6 Å². The predicted octanol–water partition coefficient (Wildman–Crippen LogP) is 0.491. The molecular weight excluding hydrogens is 223 g/mol. The van der Waals surface area contributed by atoms with Gasteiger partial charge in [-0.25, -0.2) is 4.39 Å². The standard InChI is InChI=1S/C8H12ClFN4O/c1-2-14-5-12-13-6(14)3-4-11-8(15)7(9)10/h5,7H,2-4H2,1H3,(H,11,15). The van der Waals surface area contributed by atoms with Gasteiger partial charge in [0, 0.05) is 19.5 Å². The lowest BCUT2D eigenvalue weighted by atomic mass is 10.4. The molecule has 15 heavy (non-hydrogen) atoms. The molecule has 5 nitrogen and oxygen atoms in total. The number of alkyl halides is 2. The van der Waals surface area contributed by atoms with Crippen LogP contribution in [0.2, 0.25) is 0 Å². The number of hydrogen-bond acceptors (Lipinski definition) is 3. The van der Waals surface area contributed by atoms with Crippen LogP contribution in [0.4, 0.5) is 4.39 Å². The topological polar surface area (TPSA) is 59.8 Å². The number of amides is 1. The second kappa shape index (κ2) is 5.65. The van der Waals surface area contributed by atoms with E-state index in [1.54, 1.807) is 6.33 Å². The molecule has 84 valence electrons. The normalized spacial score (nSPS) is 12.5. The van der Waals surface area contributed by atoms with Crippen molar-refractivity contribution < 1.29 is 9.18 Å². The minimum absolute atomic E-state index is 0.296. The molecule has 1 aromatic heterocycles. The van der Waals surface area contributed by atoms with E-state index in [9.17, 15) is 9.18 Å². The van der Waals surface area contributed by atoms with Crippen LogP contribution in [-0.4, -0.2) is 32.8 Å². The van der Waals surface area contributed by atoms with Crippen molar-refractivity contribution in [2.75, 3.05) is 6.54 Å². The number of hydrogen-bond donors (Lipinski definition) is 1. The molecule has 0 aromatic carbocycles. The maximum atomic E-state index is 12.2. The van der Waals surface area contributed by atoms with Gasteiger partial charge in [-0.15, -0.1) is 10.2 Å². The first-order chi connectivity index (χ1) is 7.15. The fourth-order valence-corrected chi connectivity index (χ4v) is 1.19. The smallest absolute Gasteiger partial charge is 0.270 e. The second-order valence-corrected chi connectivity index (χ2v) is 3.26. The molecule has 0 aliphatic carbocycles. The third-order valence-corrected chi connectivity index (χ3v) is 2.08. The number of carbonyl (C=O) groups is 1. The summed E-state index contributed by atoms with van der Waals surface area (Å²) in [5.74, 6) is -0.0676. The average molecular weight is 235 g/mol. The Morgan fingerprint density at radius 2 is 2.53 bits per heavy atom. The number of aromatic nitrogens is 3. The van der Waals surface area contributed by atoms with Crippen LogP contribution in [-0.2, 0) is 17.8 Å². The van der Waals surface area contributed by atoms with Gasteiger partial charge in [-0.05, 0) is 6.92 Å². The summed E-state index contributed by atoms with van der Waals surface area (Å²) in [6.07, 6.45) is 2.11. The minimum Gasteiger partial charge on any atom is -0.352 e. The molecule has 1 rings (SSSR count). The summed E-state index contributed by atoms with van der Waals surface area (Å²) in [4.78, 5) is 10.8. The highest BCUT2D eigenvalue weighted by atomic mass is 35.5. The number of halogens is 2. The lowest BCUT2D eigenvalue weighted by Gasteiger charge is -2.05. The van der Waals surface area contributed by atoms with Gasteiger partial charge in [0.15, 0.2) is 0 Å². The Bertz CT molecular complexity index is 328. The lowest BCUT2D eigenvalue weighted by molar-refractivity contribution is -0.123. The quantitative estimate of drug-likeness (QED) is 0.755. The number of nitrogens with zero attached hydrogens (tertiary/aromatic N) is 3. The zero-order valence-corrected chi connectivity index (χ0v) is 9.04. The Labute approximate surface area is 91.6 Å². The molecule has 7 heteroatoms. The maximum absolute atomic E-state index is 12.2. The van der Waals surface area contributed by atoms with Crippen LogP contribution < -0.4 is 5.32 Å². The Morgan fingerprint density at radius 1 is 1.80 bits per heavy atom. The average Bonchev–Trinajstić information content (AvgIpc) is 2.65. The van der Waals surface area contributed by atoms with Crippen LogP contribution in [0.25, 0.3) is 0 Å². The highest BCUT2D eigenvalue weighted by Crippen LogP contribution is 1.97. The molecule has 1 heterocycles. The van der Waals surface area contributed by atoms with Crippen LogP contribution >= 0.6 is 11.6 Å². The molecule has 0 radical (unpaired) electrons. The van der Waals surface area contributed by atoms with E-state index in [1.165, 1.54) is 0 Å². The van der Waals surface area contributed by atoms with Crippen molar-refractivity contribution in [2.45, 2.75) is 25.5 Å². The SMILES string of the molecule is CCn1cnnc1CCNC(=O)C(F)Cl. The maximum Gasteiger partial charge on any atom is 0.270 e. The molecule has 0 aliphatic heterocycles. The van der Waals surface area contributed by atoms with Crippen molar-refractivity contribution in [3.05, 3.63) is 12.2 Å². The van der Waals surface area contributed by atoms with Gasteiger partial charge in [-0.3, -0.25) is 4.79 Å². The first-order valence-electron chi connectivity index (χ1n) is 4.57. The summed E-state index contributed by atoms with van der Waals surface area (Å²) < 4.78 is 14.1. The van der Waals surface area contributed by atoms with Crippen molar-refractivity contribution in [3.63, 3.8) is 0 Å². The zero-order valence-electron chi connectivity index (χ0n) is 8.28. The number of aryl methyl sites for hydroxylation is 1. The van der Waals surface area contributed by atoms with Gasteiger partial charge in [0.05, 0.1) is 0 Å². The van der Waals surface area contributed by atoms with E-state index < -0.39 is 11.5 Å². The fraction of sp³-hybridized carbons (Fsp3) is 0.625. The largest absolute Gasteiger partial charge is 0.352 e. The highest BCUT2D eigenvalue weighted by Gasteiger charge is 2.12. The fourth-order valence-electron chi connectivity index (χ4n) is 1.11. The minimum atomic E-state index is -1.99. The van der Waals surface area contributed by atoms with Crippen molar-refractivity contribution in [2.24, 2.45) is 0 Å². The number of rotatable bonds is 5. The van der Waals surface area contributed by atoms with Crippen LogP contribution in [0.5, 0.6) is 0 Å². The molecule has 0 fully saturated rings. The monoisotopic (exact) mass is 234 g/mol. The molecule has 1 atom stereocenters. The van der Waals surface area contributed by atoms with E-state index in [-0.39, 0.29) is 0 Å².